The summed E-state index contributed by atoms with van der Waals surface area (Å²) < 4.78 is 5.50. The van der Waals surface area contributed by atoms with Gasteiger partial charge < -0.3 is 9.84 Å². The number of aliphatic hydroxyl groups excluding tert-OH is 1. The zero-order valence-electron chi connectivity index (χ0n) is 60.9. The highest BCUT2D eigenvalue weighted by atomic mass is 16.5. The van der Waals surface area contributed by atoms with Crippen LogP contribution < -0.4 is 0 Å². The lowest BCUT2D eigenvalue weighted by atomic mass is 10.0. The maximum Gasteiger partial charge on any atom is 0.305 e. The van der Waals surface area contributed by atoms with E-state index in [1.807, 2.05) is 0 Å². The number of hydrogen-bond acceptors (Lipinski definition) is 3. The van der Waals surface area contributed by atoms with Gasteiger partial charge in [-0.3, -0.25) is 4.79 Å². The Balaban J connectivity index is 3.13. The lowest BCUT2D eigenvalue weighted by molar-refractivity contribution is -0.143. The van der Waals surface area contributed by atoms with Crippen LogP contribution >= 0.6 is 0 Å². The van der Waals surface area contributed by atoms with Gasteiger partial charge in [0.25, 0.3) is 0 Å². The zero-order chi connectivity index (χ0) is 62.4. The Bertz CT molecular complexity index is 1180. The molecule has 3 nitrogen and oxygen atoms in total. The van der Waals surface area contributed by atoms with Crippen LogP contribution in [0.4, 0.5) is 0 Å². The summed E-state index contributed by atoms with van der Waals surface area (Å²) in [5, 5.41) is 10.1. The minimum absolute atomic E-state index is 0.0107. The van der Waals surface area contributed by atoms with Crippen LogP contribution in [0.2, 0.25) is 0 Å². The lowest BCUT2D eigenvalue weighted by Crippen LogP contribution is -2.06. The van der Waals surface area contributed by atoms with E-state index in [1.165, 1.54) is 469 Å². The van der Waals surface area contributed by atoms with Crippen molar-refractivity contribution in [2.75, 3.05) is 6.61 Å². The van der Waals surface area contributed by atoms with Gasteiger partial charge in [-0.1, -0.05) is 489 Å². The molecule has 0 saturated carbocycles. The van der Waals surface area contributed by atoms with E-state index in [0.29, 0.717) is 13.0 Å². The second kappa shape index (κ2) is 81.5. The number of esters is 1. The van der Waals surface area contributed by atoms with E-state index >= 15 is 0 Å². The first kappa shape index (κ1) is 86.4. The van der Waals surface area contributed by atoms with Gasteiger partial charge in [-0.25, -0.2) is 0 Å². The summed E-state index contributed by atoms with van der Waals surface area (Å²) in [5.41, 5.74) is 0. The predicted octanol–water partition coefficient (Wildman–Crippen LogP) is 30.7. The van der Waals surface area contributed by atoms with E-state index in [4.69, 9.17) is 4.74 Å². The van der Waals surface area contributed by atoms with E-state index in [0.717, 1.165) is 32.1 Å². The average molecular weight is 1230 g/mol. The van der Waals surface area contributed by atoms with Gasteiger partial charge in [-0.2, -0.15) is 0 Å². The first-order valence-corrected chi connectivity index (χ1v) is 42.0. The second-order valence-electron chi connectivity index (χ2n) is 29.4. The highest BCUT2D eigenvalue weighted by Crippen LogP contribution is 2.22. The quantitative estimate of drug-likeness (QED) is 0.0488. The number of ether oxygens (including phenoxy) is 1. The molecular formula is C84H168O3. The summed E-state index contributed by atoms with van der Waals surface area (Å²) in [5.74, 6) is 0.0107. The van der Waals surface area contributed by atoms with Crippen molar-refractivity contribution >= 4 is 5.97 Å². The van der Waals surface area contributed by atoms with Crippen LogP contribution in [0.1, 0.15) is 521 Å². The van der Waals surface area contributed by atoms with E-state index < -0.39 is 0 Å². The van der Waals surface area contributed by atoms with Crippen molar-refractivity contribution in [3.63, 3.8) is 0 Å². The van der Waals surface area contributed by atoms with Gasteiger partial charge in [0, 0.05) is 6.42 Å². The number of hydrogen-bond donors (Lipinski definition) is 1. The summed E-state index contributed by atoms with van der Waals surface area (Å²) >= 11 is 0. The Labute approximate surface area is 551 Å². The third kappa shape index (κ3) is 81.5. The van der Waals surface area contributed by atoms with Crippen LogP contribution in [-0.4, -0.2) is 23.8 Å². The molecule has 87 heavy (non-hydrogen) atoms. The number of carbonyl (C=O) groups excluding carboxylic acids is 1. The standard InChI is InChI=1S/C84H168O3/c1-3-5-7-9-10-11-12-13-14-15-16-17-18-19-20-21-22-23-24-25-26-27-28-29-30-31-32-33-34-35-36-37-38-39-40-41-42-43-44-45-46-47-48-49-50-51-52-53-54-55-56-57-58-59-60-61-62-63-64-65-68-71-74-78-82-87-84(86)81-77-73-70-67-66-69-72-76-80-83(85)79-75-8-6-4-2/h83,85H,3-82H2,1-2H3. The Hall–Kier alpha value is -0.570. The third-order valence-corrected chi connectivity index (χ3v) is 20.3. The molecule has 0 aromatic rings. The first-order chi connectivity index (χ1) is 43.2. The zero-order valence-corrected chi connectivity index (χ0v) is 60.9. The number of rotatable bonds is 81. The second-order valence-corrected chi connectivity index (χ2v) is 29.4. The fraction of sp³-hybridized carbons (Fsp3) is 0.988. The van der Waals surface area contributed by atoms with E-state index in [-0.39, 0.29) is 12.1 Å². The summed E-state index contributed by atoms with van der Waals surface area (Å²) in [6, 6.07) is 0. The van der Waals surface area contributed by atoms with Crippen molar-refractivity contribution in [3.8, 4) is 0 Å². The summed E-state index contributed by atoms with van der Waals surface area (Å²) in [6.45, 7) is 5.17. The molecule has 0 aliphatic carbocycles. The highest BCUT2D eigenvalue weighted by Gasteiger charge is 2.06. The molecule has 0 rings (SSSR count). The van der Waals surface area contributed by atoms with Gasteiger partial charge in [0.2, 0.25) is 0 Å². The number of unbranched alkanes of at least 4 members (excludes halogenated alkanes) is 73. The monoisotopic (exact) mass is 1230 g/mol. The summed E-state index contributed by atoms with van der Waals surface area (Å²) in [6.07, 6.45) is 111. The van der Waals surface area contributed by atoms with Crippen molar-refractivity contribution < 1.29 is 14.6 Å². The van der Waals surface area contributed by atoms with E-state index in [9.17, 15) is 9.90 Å². The van der Waals surface area contributed by atoms with Crippen LogP contribution in [-0.2, 0) is 9.53 Å². The Morgan fingerprint density at radius 2 is 0.345 bits per heavy atom. The first-order valence-electron chi connectivity index (χ1n) is 42.0. The van der Waals surface area contributed by atoms with E-state index in [2.05, 4.69) is 13.8 Å². The molecule has 1 unspecified atom stereocenters. The molecule has 0 aromatic carbocycles. The maximum atomic E-state index is 12.1. The average Bonchev–Trinajstić information content (AvgIpc) is 3.52. The van der Waals surface area contributed by atoms with Crippen LogP contribution in [0.25, 0.3) is 0 Å². The summed E-state index contributed by atoms with van der Waals surface area (Å²) in [7, 11) is 0. The Kier molecular flexibility index (Phi) is 81.0. The van der Waals surface area contributed by atoms with E-state index in [1.54, 1.807) is 0 Å². The van der Waals surface area contributed by atoms with Crippen molar-refractivity contribution in [2.45, 2.75) is 527 Å². The van der Waals surface area contributed by atoms with Gasteiger partial charge in [0.05, 0.1) is 12.7 Å². The molecule has 0 radical (unpaired) electrons. The van der Waals surface area contributed by atoms with Gasteiger partial charge in [0.15, 0.2) is 0 Å². The van der Waals surface area contributed by atoms with Gasteiger partial charge in [0.1, 0.15) is 0 Å². The molecule has 0 aliphatic heterocycles. The SMILES string of the molecule is CCCCCCCCCCCCCCCCCCCCCCCCCCCCCCCCCCCCCCCCCCCCCCCCCCCCCCCCCCCCCCCCCCOC(=O)CCCCCCCCCCC(O)CCCCCC. The van der Waals surface area contributed by atoms with Crippen LogP contribution in [0, 0.1) is 0 Å². The largest absolute Gasteiger partial charge is 0.466 e. The molecule has 0 saturated heterocycles. The molecule has 0 aliphatic rings. The number of aliphatic hydroxyl groups is 1. The third-order valence-electron chi connectivity index (χ3n) is 20.3. The molecule has 1 N–H and O–H groups in total. The molecule has 0 spiro atoms. The maximum absolute atomic E-state index is 12.1. The highest BCUT2D eigenvalue weighted by molar-refractivity contribution is 5.69. The van der Waals surface area contributed by atoms with Crippen molar-refractivity contribution in [1.82, 2.24) is 0 Å². The van der Waals surface area contributed by atoms with Gasteiger partial charge in [-0.05, 0) is 25.7 Å². The van der Waals surface area contributed by atoms with Crippen molar-refractivity contribution in [3.05, 3.63) is 0 Å². The Morgan fingerprint density at radius 3 is 0.529 bits per heavy atom. The molecule has 3 heteroatoms. The molecule has 0 fully saturated rings. The molecular weight excluding hydrogens is 1060 g/mol. The van der Waals surface area contributed by atoms with Crippen molar-refractivity contribution in [1.29, 1.82) is 0 Å². The van der Waals surface area contributed by atoms with Crippen LogP contribution in [0.3, 0.4) is 0 Å². The van der Waals surface area contributed by atoms with Gasteiger partial charge >= 0.3 is 5.97 Å². The molecule has 0 heterocycles. The lowest BCUT2D eigenvalue weighted by Gasteiger charge is -2.10. The molecule has 0 aromatic heterocycles. The van der Waals surface area contributed by atoms with Crippen LogP contribution in [0.15, 0.2) is 0 Å². The van der Waals surface area contributed by atoms with Crippen LogP contribution in [0.5, 0.6) is 0 Å². The molecule has 0 amide bonds. The molecule has 1 atom stereocenters. The number of carbonyl (C=O) groups is 1. The minimum atomic E-state index is -0.0808. The molecule has 0 bridgehead atoms. The fourth-order valence-electron chi connectivity index (χ4n) is 14.1. The fourth-order valence-corrected chi connectivity index (χ4v) is 14.1. The smallest absolute Gasteiger partial charge is 0.305 e. The van der Waals surface area contributed by atoms with Gasteiger partial charge in [-0.15, -0.1) is 0 Å². The Morgan fingerprint density at radius 1 is 0.207 bits per heavy atom. The molecule has 522 valence electrons. The topological polar surface area (TPSA) is 46.5 Å². The van der Waals surface area contributed by atoms with Crippen molar-refractivity contribution in [2.24, 2.45) is 0 Å². The predicted molar refractivity (Wildman–Crippen MR) is 393 cm³/mol. The summed E-state index contributed by atoms with van der Waals surface area (Å²) in [4.78, 5) is 12.1. The minimum Gasteiger partial charge on any atom is -0.466 e. The normalized spacial score (nSPS) is 12.1.